The highest BCUT2D eigenvalue weighted by molar-refractivity contribution is 7.92. The number of likely N-dealkylation sites (tertiary alicyclic amines) is 1. The van der Waals surface area contributed by atoms with Gasteiger partial charge in [-0.1, -0.05) is 31.4 Å². The van der Waals surface area contributed by atoms with E-state index in [0.29, 0.717) is 29.8 Å². The fraction of sp³-hybridized carbons (Fsp3) is 0.481. The summed E-state index contributed by atoms with van der Waals surface area (Å²) in [5.74, 6) is -0.334. The van der Waals surface area contributed by atoms with Crippen molar-refractivity contribution in [2.45, 2.75) is 82.7 Å². The van der Waals surface area contributed by atoms with Gasteiger partial charge in [0, 0.05) is 23.8 Å². The number of anilines is 1. The molecule has 2 N–H and O–H groups in total. The molecule has 0 radical (unpaired) electrons. The van der Waals surface area contributed by atoms with Crippen LogP contribution >= 0.6 is 0 Å². The van der Waals surface area contributed by atoms with Crippen molar-refractivity contribution in [2.24, 2.45) is 0 Å². The van der Waals surface area contributed by atoms with E-state index in [-0.39, 0.29) is 22.8 Å². The topological polar surface area (TPSA) is 95.6 Å². The smallest absolute Gasteiger partial charge is 0.262 e. The van der Waals surface area contributed by atoms with Crippen molar-refractivity contribution in [3.8, 4) is 0 Å². The van der Waals surface area contributed by atoms with Crippen molar-refractivity contribution < 1.29 is 18.0 Å². The number of aryl methyl sites for hydroxylation is 3. The number of benzene rings is 2. The van der Waals surface area contributed by atoms with Gasteiger partial charge in [0.1, 0.15) is 6.04 Å². The standard InChI is InChI=1S/C27H35N3O4S/c1-18-15-20(3)25(16-19(18)2)35(33,34)29-23-12-7-9-21(17-23)27(32)30-14-8-13-24(30)26(31)28-22-10-5-4-6-11-22/h7,9,12,15-17,22,24,29H,4-6,8,10-11,13-14H2,1-3H3,(H,28,31). The number of nitrogens with one attached hydrogen (secondary N) is 2. The summed E-state index contributed by atoms with van der Waals surface area (Å²) in [4.78, 5) is 28.1. The molecular formula is C27H35N3O4S. The van der Waals surface area contributed by atoms with Gasteiger partial charge in [0.05, 0.1) is 4.90 Å². The van der Waals surface area contributed by atoms with Gasteiger partial charge in [-0.15, -0.1) is 0 Å². The van der Waals surface area contributed by atoms with E-state index in [2.05, 4.69) is 10.0 Å². The lowest BCUT2D eigenvalue weighted by atomic mass is 9.95. The molecule has 1 saturated carbocycles. The molecule has 1 atom stereocenters. The summed E-state index contributed by atoms with van der Waals surface area (Å²) < 4.78 is 28.8. The third-order valence-corrected chi connectivity index (χ3v) is 8.73. The van der Waals surface area contributed by atoms with Crippen LogP contribution in [-0.2, 0) is 14.8 Å². The van der Waals surface area contributed by atoms with Crippen LogP contribution in [0.15, 0.2) is 41.3 Å². The van der Waals surface area contributed by atoms with Gasteiger partial charge in [-0.3, -0.25) is 14.3 Å². The van der Waals surface area contributed by atoms with E-state index in [9.17, 15) is 18.0 Å². The van der Waals surface area contributed by atoms with E-state index in [1.807, 2.05) is 19.9 Å². The number of rotatable bonds is 6. The van der Waals surface area contributed by atoms with Gasteiger partial charge in [-0.05, 0) is 87.4 Å². The Morgan fingerprint density at radius 3 is 2.34 bits per heavy atom. The maximum absolute atomic E-state index is 13.3. The van der Waals surface area contributed by atoms with E-state index in [0.717, 1.165) is 43.2 Å². The van der Waals surface area contributed by atoms with Crippen LogP contribution in [-0.4, -0.2) is 43.8 Å². The Balaban J connectivity index is 1.49. The first-order chi connectivity index (χ1) is 16.7. The zero-order valence-corrected chi connectivity index (χ0v) is 21.6. The lowest BCUT2D eigenvalue weighted by molar-refractivity contribution is -0.125. The maximum Gasteiger partial charge on any atom is 0.262 e. The van der Waals surface area contributed by atoms with Crippen LogP contribution in [0, 0.1) is 20.8 Å². The molecule has 35 heavy (non-hydrogen) atoms. The lowest BCUT2D eigenvalue weighted by Gasteiger charge is -2.28. The monoisotopic (exact) mass is 497 g/mol. The van der Waals surface area contributed by atoms with E-state index in [4.69, 9.17) is 0 Å². The molecule has 1 aliphatic heterocycles. The Morgan fingerprint density at radius 1 is 0.886 bits per heavy atom. The van der Waals surface area contributed by atoms with Gasteiger partial charge in [-0.25, -0.2) is 8.42 Å². The predicted octanol–water partition coefficient (Wildman–Crippen LogP) is 4.47. The summed E-state index contributed by atoms with van der Waals surface area (Å²) in [6.45, 7) is 6.11. The van der Waals surface area contributed by atoms with Crippen molar-refractivity contribution in [2.75, 3.05) is 11.3 Å². The molecule has 1 aliphatic carbocycles. The molecule has 188 valence electrons. The van der Waals surface area contributed by atoms with Crippen LogP contribution in [0.5, 0.6) is 0 Å². The van der Waals surface area contributed by atoms with Crippen LogP contribution in [0.25, 0.3) is 0 Å². The molecule has 0 bridgehead atoms. The molecule has 2 fully saturated rings. The Morgan fingerprint density at radius 2 is 1.60 bits per heavy atom. The summed E-state index contributed by atoms with van der Waals surface area (Å²) in [7, 11) is -3.82. The quantitative estimate of drug-likeness (QED) is 0.616. The SMILES string of the molecule is Cc1cc(C)c(S(=O)(=O)Nc2cccc(C(=O)N3CCCC3C(=O)NC3CCCCC3)c2)cc1C. The summed E-state index contributed by atoms with van der Waals surface area (Å²) in [5, 5.41) is 3.15. The number of hydrogen-bond donors (Lipinski definition) is 2. The molecule has 1 unspecified atom stereocenters. The summed E-state index contributed by atoms with van der Waals surface area (Å²) in [6, 6.07) is 9.73. The van der Waals surface area contributed by atoms with E-state index in [1.165, 1.54) is 6.42 Å². The maximum atomic E-state index is 13.3. The van der Waals surface area contributed by atoms with Crippen molar-refractivity contribution >= 4 is 27.5 Å². The van der Waals surface area contributed by atoms with E-state index in [1.54, 1.807) is 42.2 Å². The minimum absolute atomic E-state index is 0.0789. The van der Waals surface area contributed by atoms with Crippen LogP contribution in [0.1, 0.15) is 72.0 Å². The van der Waals surface area contributed by atoms with Crippen molar-refractivity contribution in [1.29, 1.82) is 0 Å². The first-order valence-electron chi connectivity index (χ1n) is 12.5. The first-order valence-corrected chi connectivity index (χ1v) is 14.0. The number of carbonyl (C=O) groups excluding carboxylic acids is 2. The molecule has 2 aliphatic rings. The average molecular weight is 498 g/mol. The van der Waals surface area contributed by atoms with Crippen LogP contribution in [0.4, 0.5) is 5.69 Å². The second kappa shape index (κ2) is 10.4. The average Bonchev–Trinajstić information content (AvgIpc) is 3.31. The molecule has 7 nitrogen and oxygen atoms in total. The number of nitrogens with zero attached hydrogens (tertiary/aromatic N) is 1. The zero-order valence-electron chi connectivity index (χ0n) is 20.8. The van der Waals surface area contributed by atoms with Gasteiger partial charge >= 0.3 is 0 Å². The molecular weight excluding hydrogens is 462 g/mol. The largest absolute Gasteiger partial charge is 0.352 e. The minimum Gasteiger partial charge on any atom is -0.352 e. The van der Waals surface area contributed by atoms with Gasteiger partial charge in [0.2, 0.25) is 5.91 Å². The summed E-state index contributed by atoms with van der Waals surface area (Å²) in [5.41, 5.74) is 3.26. The van der Waals surface area contributed by atoms with E-state index >= 15 is 0 Å². The van der Waals surface area contributed by atoms with Gasteiger partial charge in [-0.2, -0.15) is 0 Å². The first kappa shape index (κ1) is 25.2. The van der Waals surface area contributed by atoms with E-state index < -0.39 is 16.1 Å². The molecule has 0 spiro atoms. The van der Waals surface area contributed by atoms with Gasteiger partial charge < -0.3 is 10.2 Å². The Bertz CT molecular complexity index is 1220. The number of sulfonamides is 1. The molecule has 2 amide bonds. The lowest BCUT2D eigenvalue weighted by Crippen LogP contribution is -2.49. The fourth-order valence-corrected chi connectivity index (χ4v) is 6.50. The van der Waals surface area contributed by atoms with Crippen molar-refractivity contribution in [3.63, 3.8) is 0 Å². The fourth-order valence-electron chi connectivity index (χ4n) is 5.14. The second-order valence-corrected chi connectivity index (χ2v) is 11.5. The highest BCUT2D eigenvalue weighted by Gasteiger charge is 2.35. The summed E-state index contributed by atoms with van der Waals surface area (Å²) in [6.07, 6.45) is 6.87. The van der Waals surface area contributed by atoms with Gasteiger partial charge in [0.15, 0.2) is 0 Å². The van der Waals surface area contributed by atoms with Crippen LogP contribution in [0.3, 0.4) is 0 Å². The van der Waals surface area contributed by atoms with Crippen molar-refractivity contribution in [3.05, 3.63) is 58.7 Å². The molecule has 0 aromatic heterocycles. The number of amides is 2. The second-order valence-electron chi connectivity index (χ2n) is 9.89. The highest BCUT2D eigenvalue weighted by Crippen LogP contribution is 2.26. The highest BCUT2D eigenvalue weighted by atomic mass is 32.2. The Labute approximate surface area is 208 Å². The van der Waals surface area contributed by atoms with Crippen molar-refractivity contribution in [1.82, 2.24) is 10.2 Å². The normalized spacial score (nSPS) is 18.9. The molecule has 8 heteroatoms. The molecule has 1 saturated heterocycles. The minimum atomic E-state index is -3.82. The third-order valence-electron chi connectivity index (χ3n) is 7.21. The van der Waals surface area contributed by atoms with Gasteiger partial charge in [0.25, 0.3) is 15.9 Å². The molecule has 2 aromatic rings. The van der Waals surface area contributed by atoms with Crippen LogP contribution < -0.4 is 10.0 Å². The molecule has 1 heterocycles. The third kappa shape index (κ3) is 5.69. The molecule has 4 rings (SSSR count). The molecule has 2 aromatic carbocycles. The van der Waals surface area contributed by atoms with Crippen LogP contribution in [0.2, 0.25) is 0 Å². The Kier molecular flexibility index (Phi) is 7.50. The number of hydrogen-bond acceptors (Lipinski definition) is 4. The predicted molar refractivity (Wildman–Crippen MR) is 137 cm³/mol. The summed E-state index contributed by atoms with van der Waals surface area (Å²) >= 11 is 0. The number of carbonyl (C=O) groups is 2. The Hall–Kier alpha value is -2.87. The zero-order chi connectivity index (χ0) is 25.2.